The molecular formula is C18H28ClN3O. The van der Waals surface area contributed by atoms with Gasteiger partial charge in [0.05, 0.1) is 12.1 Å². The second-order valence-corrected chi connectivity index (χ2v) is 6.56. The Hall–Kier alpha value is -1.10. The van der Waals surface area contributed by atoms with Crippen LogP contribution in [0.2, 0.25) is 0 Å². The average Bonchev–Trinajstić information content (AvgIpc) is 3.22. The van der Waals surface area contributed by atoms with Gasteiger partial charge in [0.1, 0.15) is 0 Å². The summed E-state index contributed by atoms with van der Waals surface area (Å²) in [4.78, 5) is 14.8. The monoisotopic (exact) mass is 337 g/mol. The number of hydrogen-bond donors (Lipinski definition) is 2. The second kappa shape index (κ2) is 8.67. The van der Waals surface area contributed by atoms with E-state index in [9.17, 15) is 4.79 Å². The molecule has 0 aliphatic carbocycles. The molecule has 1 aromatic carbocycles. The summed E-state index contributed by atoms with van der Waals surface area (Å²) in [5.74, 6) is 0.161. The van der Waals surface area contributed by atoms with Gasteiger partial charge in [-0.15, -0.1) is 12.4 Å². The molecule has 2 heterocycles. The van der Waals surface area contributed by atoms with E-state index in [-0.39, 0.29) is 24.4 Å². The van der Waals surface area contributed by atoms with E-state index >= 15 is 0 Å². The van der Waals surface area contributed by atoms with Crippen molar-refractivity contribution in [2.75, 3.05) is 26.2 Å². The highest BCUT2D eigenvalue weighted by atomic mass is 35.5. The van der Waals surface area contributed by atoms with Crippen molar-refractivity contribution in [2.24, 2.45) is 0 Å². The average molecular weight is 338 g/mol. The Morgan fingerprint density at radius 2 is 1.96 bits per heavy atom. The minimum absolute atomic E-state index is 0. The minimum atomic E-state index is 0. The Morgan fingerprint density at radius 3 is 2.57 bits per heavy atom. The van der Waals surface area contributed by atoms with Gasteiger partial charge in [0, 0.05) is 6.54 Å². The van der Waals surface area contributed by atoms with Gasteiger partial charge in [-0.2, -0.15) is 0 Å². The van der Waals surface area contributed by atoms with E-state index in [2.05, 4.69) is 46.7 Å². The zero-order chi connectivity index (χ0) is 15.4. The molecule has 1 aromatic rings. The van der Waals surface area contributed by atoms with E-state index in [4.69, 9.17) is 0 Å². The first-order chi connectivity index (χ1) is 10.7. The largest absolute Gasteiger partial charge is 0.353 e. The fraction of sp³-hybridized carbons (Fsp3) is 0.611. The molecule has 0 bridgehead atoms. The van der Waals surface area contributed by atoms with Crippen molar-refractivity contribution in [3.63, 3.8) is 0 Å². The van der Waals surface area contributed by atoms with Gasteiger partial charge in [-0.25, -0.2) is 0 Å². The summed E-state index contributed by atoms with van der Waals surface area (Å²) in [7, 11) is 0. The summed E-state index contributed by atoms with van der Waals surface area (Å²) in [6, 6.07) is 9.05. The molecular weight excluding hydrogens is 310 g/mol. The molecule has 128 valence electrons. The first-order valence-electron chi connectivity index (χ1n) is 8.56. The molecule has 5 heteroatoms. The number of rotatable bonds is 5. The third-order valence-corrected chi connectivity index (χ3v) is 4.89. The van der Waals surface area contributed by atoms with Crippen LogP contribution in [-0.2, 0) is 4.79 Å². The maximum atomic E-state index is 12.3. The number of halogens is 1. The lowest BCUT2D eigenvalue weighted by atomic mass is 10.0. The van der Waals surface area contributed by atoms with E-state index in [1.165, 1.54) is 24.0 Å². The van der Waals surface area contributed by atoms with E-state index in [0.29, 0.717) is 12.6 Å². The molecule has 2 N–H and O–H groups in total. The Bertz CT molecular complexity index is 493. The number of carbonyl (C=O) groups excluding carboxylic acids is 1. The van der Waals surface area contributed by atoms with Gasteiger partial charge in [-0.3, -0.25) is 9.69 Å². The molecule has 2 saturated heterocycles. The van der Waals surface area contributed by atoms with Gasteiger partial charge in [0.2, 0.25) is 5.91 Å². The fourth-order valence-corrected chi connectivity index (χ4v) is 3.53. The van der Waals surface area contributed by atoms with Crippen LogP contribution in [0.3, 0.4) is 0 Å². The maximum absolute atomic E-state index is 12.3. The number of amides is 1. The Kier molecular flexibility index (Phi) is 6.88. The number of nitrogens with one attached hydrogen (secondary N) is 2. The highest BCUT2D eigenvalue weighted by Gasteiger charge is 2.26. The van der Waals surface area contributed by atoms with Crippen molar-refractivity contribution < 1.29 is 4.79 Å². The summed E-state index contributed by atoms with van der Waals surface area (Å²) in [5, 5.41) is 6.44. The zero-order valence-electron chi connectivity index (χ0n) is 13.9. The molecule has 0 aromatic heterocycles. The quantitative estimate of drug-likeness (QED) is 0.867. The lowest BCUT2D eigenvalue weighted by molar-refractivity contribution is -0.123. The van der Waals surface area contributed by atoms with Crippen molar-refractivity contribution in [1.29, 1.82) is 0 Å². The predicted octanol–water partition coefficient (Wildman–Crippen LogP) is 2.42. The summed E-state index contributed by atoms with van der Waals surface area (Å²) in [6.45, 7) is 6.06. The molecule has 0 saturated carbocycles. The Balaban J connectivity index is 0.00000192. The number of carbonyl (C=O) groups is 1. The molecule has 4 nitrogen and oxygen atoms in total. The molecule has 2 fully saturated rings. The standard InChI is InChI=1S/C18H27N3O.ClH/c1-14-6-8-15(9-7-14)17(21-11-2-3-12-21)13-20-18(22)16-5-4-10-19-16;/h6-9,16-17,19H,2-5,10-13H2,1H3,(H,20,22);1H/t16-,17?;/m0./s1. The van der Waals surface area contributed by atoms with Gasteiger partial charge in [-0.05, 0) is 57.8 Å². The summed E-state index contributed by atoms with van der Waals surface area (Å²) >= 11 is 0. The van der Waals surface area contributed by atoms with Crippen LogP contribution >= 0.6 is 12.4 Å². The van der Waals surface area contributed by atoms with Crippen LogP contribution in [0.4, 0.5) is 0 Å². The molecule has 0 spiro atoms. The second-order valence-electron chi connectivity index (χ2n) is 6.56. The highest BCUT2D eigenvalue weighted by Crippen LogP contribution is 2.25. The van der Waals surface area contributed by atoms with Crippen LogP contribution in [0.1, 0.15) is 42.9 Å². The summed E-state index contributed by atoms with van der Waals surface area (Å²) < 4.78 is 0. The Labute approximate surface area is 145 Å². The van der Waals surface area contributed by atoms with Crippen molar-refractivity contribution in [1.82, 2.24) is 15.5 Å². The first kappa shape index (κ1) is 18.2. The molecule has 2 aliphatic rings. The van der Waals surface area contributed by atoms with Crippen molar-refractivity contribution in [2.45, 2.75) is 44.7 Å². The normalized spacial score (nSPS) is 22.6. The molecule has 2 aliphatic heterocycles. The van der Waals surface area contributed by atoms with E-state index in [1.54, 1.807) is 0 Å². The van der Waals surface area contributed by atoms with Gasteiger partial charge >= 0.3 is 0 Å². The van der Waals surface area contributed by atoms with Crippen LogP contribution in [0, 0.1) is 6.92 Å². The number of hydrogen-bond acceptors (Lipinski definition) is 3. The topological polar surface area (TPSA) is 44.4 Å². The molecule has 2 atom stereocenters. The molecule has 3 rings (SSSR count). The van der Waals surface area contributed by atoms with Gasteiger partial charge in [0.15, 0.2) is 0 Å². The van der Waals surface area contributed by atoms with Gasteiger partial charge in [-0.1, -0.05) is 29.8 Å². The van der Waals surface area contributed by atoms with Crippen LogP contribution in [-0.4, -0.2) is 43.0 Å². The first-order valence-corrected chi connectivity index (χ1v) is 8.56. The van der Waals surface area contributed by atoms with E-state index in [1.807, 2.05) is 0 Å². The van der Waals surface area contributed by atoms with Crippen LogP contribution in [0.15, 0.2) is 24.3 Å². The zero-order valence-corrected chi connectivity index (χ0v) is 14.7. The third kappa shape index (κ3) is 4.69. The van der Waals surface area contributed by atoms with Crippen LogP contribution in [0.25, 0.3) is 0 Å². The Morgan fingerprint density at radius 1 is 1.26 bits per heavy atom. The molecule has 1 amide bonds. The van der Waals surface area contributed by atoms with E-state index in [0.717, 1.165) is 32.5 Å². The third-order valence-electron chi connectivity index (χ3n) is 4.89. The highest BCUT2D eigenvalue weighted by molar-refractivity contribution is 5.85. The summed E-state index contributed by atoms with van der Waals surface area (Å²) in [5.41, 5.74) is 2.59. The molecule has 1 unspecified atom stereocenters. The minimum Gasteiger partial charge on any atom is -0.353 e. The maximum Gasteiger partial charge on any atom is 0.237 e. The summed E-state index contributed by atoms with van der Waals surface area (Å²) in [6.07, 6.45) is 4.59. The van der Waals surface area contributed by atoms with Crippen LogP contribution < -0.4 is 10.6 Å². The predicted molar refractivity (Wildman–Crippen MR) is 96.0 cm³/mol. The number of aryl methyl sites for hydroxylation is 1. The molecule has 23 heavy (non-hydrogen) atoms. The lowest BCUT2D eigenvalue weighted by Crippen LogP contribution is -2.44. The van der Waals surface area contributed by atoms with Crippen molar-refractivity contribution >= 4 is 18.3 Å². The van der Waals surface area contributed by atoms with E-state index < -0.39 is 0 Å². The van der Waals surface area contributed by atoms with Crippen molar-refractivity contribution in [3.8, 4) is 0 Å². The number of benzene rings is 1. The van der Waals surface area contributed by atoms with Gasteiger partial charge < -0.3 is 10.6 Å². The van der Waals surface area contributed by atoms with Gasteiger partial charge in [0.25, 0.3) is 0 Å². The van der Waals surface area contributed by atoms with Crippen molar-refractivity contribution in [3.05, 3.63) is 35.4 Å². The van der Waals surface area contributed by atoms with Crippen LogP contribution in [0.5, 0.6) is 0 Å². The number of nitrogens with zero attached hydrogens (tertiary/aromatic N) is 1. The lowest BCUT2D eigenvalue weighted by Gasteiger charge is -2.28. The number of likely N-dealkylation sites (tertiary alicyclic amines) is 1. The fourth-order valence-electron chi connectivity index (χ4n) is 3.53. The molecule has 0 radical (unpaired) electrons. The SMILES string of the molecule is Cc1ccc(C(CNC(=O)[C@@H]2CCCN2)N2CCCC2)cc1.Cl. The smallest absolute Gasteiger partial charge is 0.237 e.